The quantitative estimate of drug-likeness (QED) is 0.808. The molecule has 0 aromatic carbocycles. The zero-order chi connectivity index (χ0) is 12.2. The Morgan fingerprint density at radius 2 is 1.75 bits per heavy atom. The van der Waals surface area contributed by atoms with Crippen LogP contribution in [0.1, 0.15) is 46.0 Å². The lowest BCUT2D eigenvalue weighted by Crippen LogP contribution is -2.43. The van der Waals surface area contributed by atoms with Crippen LogP contribution in [-0.2, 0) is 9.84 Å². The van der Waals surface area contributed by atoms with E-state index in [1.54, 1.807) is 13.8 Å². The highest BCUT2D eigenvalue weighted by molar-refractivity contribution is 7.92. The van der Waals surface area contributed by atoms with E-state index >= 15 is 0 Å². The van der Waals surface area contributed by atoms with Crippen LogP contribution in [0.15, 0.2) is 0 Å². The fourth-order valence-electron chi connectivity index (χ4n) is 2.10. The highest BCUT2D eigenvalue weighted by atomic mass is 32.2. The minimum absolute atomic E-state index is 0.558. The molecule has 0 amide bonds. The smallest absolute Gasteiger partial charge is 0.153 e. The molecular weight excluding hydrogens is 222 g/mol. The molecule has 0 radical (unpaired) electrons. The van der Waals surface area contributed by atoms with Gasteiger partial charge in [0.25, 0.3) is 0 Å². The van der Waals surface area contributed by atoms with Gasteiger partial charge in [-0.3, -0.25) is 0 Å². The first-order chi connectivity index (χ1) is 7.33. The summed E-state index contributed by atoms with van der Waals surface area (Å²) in [4.78, 5) is 0. The Balaban J connectivity index is 2.29. The topological polar surface area (TPSA) is 46.2 Å². The van der Waals surface area contributed by atoms with Gasteiger partial charge in [0.2, 0.25) is 0 Å². The van der Waals surface area contributed by atoms with Crippen molar-refractivity contribution in [3.05, 3.63) is 0 Å². The molecule has 1 saturated carbocycles. The molecular formula is C12H25NO2S. The van der Waals surface area contributed by atoms with Gasteiger partial charge in [0.1, 0.15) is 0 Å². The van der Waals surface area contributed by atoms with Crippen molar-refractivity contribution in [2.24, 2.45) is 5.92 Å². The summed E-state index contributed by atoms with van der Waals surface area (Å²) in [6, 6.07) is 0. The van der Waals surface area contributed by atoms with E-state index in [9.17, 15) is 8.42 Å². The highest BCUT2D eigenvalue weighted by Crippen LogP contribution is 2.23. The fourth-order valence-corrected chi connectivity index (χ4v) is 2.46. The van der Waals surface area contributed by atoms with E-state index in [1.165, 1.54) is 38.4 Å². The predicted molar refractivity (Wildman–Crippen MR) is 68.4 cm³/mol. The van der Waals surface area contributed by atoms with Gasteiger partial charge in [-0.2, -0.15) is 0 Å². The van der Waals surface area contributed by atoms with Crippen molar-refractivity contribution in [1.82, 2.24) is 5.32 Å². The maximum absolute atomic E-state index is 11.5. The third-order valence-electron chi connectivity index (χ3n) is 3.71. The molecule has 0 bridgehead atoms. The Kier molecular flexibility index (Phi) is 4.80. The Morgan fingerprint density at radius 1 is 1.19 bits per heavy atom. The van der Waals surface area contributed by atoms with Crippen LogP contribution in [0.25, 0.3) is 0 Å². The van der Waals surface area contributed by atoms with Crippen molar-refractivity contribution in [3.8, 4) is 0 Å². The molecule has 0 atom stereocenters. The molecule has 0 aliphatic heterocycles. The first kappa shape index (κ1) is 14.0. The van der Waals surface area contributed by atoms with Crippen molar-refractivity contribution in [2.45, 2.75) is 50.7 Å². The molecule has 96 valence electrons. The molecule has 1 N–H and O–H groups in total. The Bertz CT molecular complexity index is 303. The lowest BCUT2D eigenvalue weighted by molar-refractivity contribution is 0.338. The highest BCUT2D eigenvalue weighted by Gasteiger charge is 2.29. The second kappa shape index (κ2) is 5.50. The minimum Gasteiger partial charge on any atom is -0.315 e. The van der Waals surface area contributed by atoms with Crippen molar-refractivity contribution in [1.29, 1.82) is 0 Å². The van der Waals surface area contributed by atoms with Crippen LogP contribution in [0.5, 0.6) is 0 Å². The number of hydrogen-bond acceptors (Lipinski definition) is 3. The van der Waals surface area contributed by atoms with E-state index in [-0.39, 0.29) is 0 Å². The standard InChI is InChI=1S/C12H25NO2S/c1-12(2,16(3,14)15)10-13-9-11-7-5-4-6-8-11/h11,13H,4-10H2,1-3H3. The van der Waals surface area contributed by atoms with E-state index in [0.717, 1.165) is 12.5 Å². The lowest BCUT2D eigenvalue weighted by atomic mass is 9.89. The van der Waals surface area contributed by atoms with Crippen molar-refractivity contribution < 1.29 is 8.42 Å². The Hall–Kier alpha value is -0.0900. The molecule has 0 spiro atoms. The van der Waals surface area contributed by atoms with Gasteiger partial charge in [-0.05, 0) is 39.2 Å². The van der Waals surface area contributed by atoms with Crippen molar-refractivity contribution in [3.63, 3.8) is 0 Å². The van der Waals surface area contributed by atoms with E-state index in [0.29, 0.717) is 6.54 Å². The first-order valence-corrected chi connectivity index (χ1v) is 8.12. The zero-order valence-corrected chi connectivity index (χ0v) is 11.6. The van der Waals surface area contributed by atoms with Gasteiger partial charge in [0, 0.05) is 12.8 Å². The molecule has 1 aliphatic carbocycles. The SMILES string of the molecule is CC(C)(CNCC1CCCCC1)S(C)(=O)=O. The van der Waals surface area contributed by atoms with Crippen LogP contribution < -0.4 is 5.32 Å². The molecule has 4 heteroatoms. The molecule has 0 unspecified atom stereocenters. The predicted octanol–water partition coefficient (Wildman–Crippen LogP) is 1.98. The van der Waals surface area contributed by atoms with Gasteiger partial charge in [-0.1, -0.05) is 19.3 Å². The van der Waals surface area contributed by atoms with Gasteiger partial charge >= 0.3 is 0 Å². The van der Waals surface area contributed by atoms with Crippen molar-refractivity contribution in [2.75, 3.05) is 19.3 Å². The second-order valence-corrected chi connectivity index (χ2v) is 8.32. The number of hydrogen-bond donors (Lipinski definition) is 1. The zero-order valence-electron chi connectivity index (χ0n) is 10.8. The van der Waals surface area contributed by atoms with E-state index in [2.05, 4.69) is 5.32 Å². The van der Waals surface area contributed by atoms with E-state index < -0.39 is 14.6 Å². The number of sulfone groups is 1. The lowest BCUT2D eigenvalue weighted by Gasteiger charge is -2.26. The average molecular weight is 247 g/mol. The van der Waals surface area contributed by atoms with Gasteiger partial charge in [-0.15, -0.1) is 0 Å². The van der Waals surface area contributed by atoms with Crippen LogP contribution in [-0.4, -0.2) is 32.5 Å². The van der Waals surface area contributed by atoms with Crippen LogP contribution in [0.3, 0.4) is 0 Å². The maximum atomic E-state index is 11.5. The van der Waals surface area contributed by atoms with Crippen molar-refractivity contribution >= 4 is 9.84 Å². The molecule has 1 rings (SSSR count). The molecule has 0 aromatic rings. The van der Waals surface area contributed by atoms with Crippen LogP contribution in [0.4, 0.5) is 0 Å². The summed E-state index contributed by atoms with van der Waals surface area (Å²) in [6.07, 6.45) is 7.95. The summed E-state index contributed by atoms with van der Waals surface area (Å²) < 4.78 is 22.3. The molecule has 1 aliphatic rings. The van der Waals surface area contributed by atoms with Gasteiger partial charge < -0.3 is 5.32 Å². The largest absolute Gasteiger partial charge is 0.315 e. The Labute approximate surface area is 99.9 Å². The molecule has 0 aromatic heterocycles. The second-order valence-electron chi connectivity index (χ2n) is 5.67. The number of nitrogens with one attached hydrogen (secondary N) is 1. The summed E-state index contributed by atoms with van der Waals surface area (Å²) in [5, 5.41) is 3.32. The fraction of sp³-hybridized carbons (Fsp3) is 1.00. The van der Waals surface area contributed by atoms with E-state index in [1.807, 2.05) is 0 Å². The minimum atomic E-state index is -2.97. The summed E-state index contributed by atoms with van der Waals surface area (Å²) in [5.41, 5.74) is 0. The first-order valence-electron chi connectivity index (χ1n) is 6.23. The maximum Gasteiger partial charge on any atom is 0.153 e. The van der Waals surface area contributed by atoms with E-state index in [4.69, 9.17) is 0 Å². The molecule has 0 heterocycles. The molecule has 1 fully saturated rings. The summed E-state index contributed by atoms with van der Waals surface area (Å²) in [7, 11) is -2.97. The summed E-state index contributed by atoms with van der Waals surface area (Å²) >= 11 is 0. The van der Waals surface area contributed by atoms with Crippen LogP contribution in [0.2, 0.25) is 0 Å². The molecule has 16 heavy (non-hydrogen) atoms. The average Bonchev–Trinajstić information content (AvgIpc) is 2.17. The summed E-state index contributed by atoms with van der Waals surface area (Å²) in [5.74, 6) is 0.754. The van der Waals surface area contributed by atoms with Gasteiger partial charge in [-0.25, -0.2) is 8.42 Å². The Morgan fingerprint density at radius 3 is 2.25 bits per heavy atom. The third kappa shape index (κ3) is 4.06. The van der Waals surface area contributed by atoms with Crippen LogP contribution in [0, 0.1) is 5.92 Å². The van der Waals surface area contributed by atoms with Gasteiger partial charge in [0.15, 0.2) is 9.84 Å². The molecule has 3 nitrogen and oxygen atoms in total. The molecule has 0 saturated heterocycles. The third-order valence-corrected chi connectivity index (χ3v) is 5.86. The monoisotopic (exact) mass is 247 g/mol. The normalized spacial score (nSPS) is 19.9. The van der Waals surface area contributed by atoms with Gasteiger partial charge in [0.05, 0.1) is 4.75 Å². The summed E-state index contributed by atoms with van der Waals surface area (Å²) in [6.45, 7) is 5.10. The van der Waals surface area contributed by atoms with Crippen LogP contribution >= 0.6 is 0 Å². The number of rotatable bonds is 5.